The van der Waals surface area contributed by atoms with Crippen LogP contribution in [0.2, 0.25) is 0 Å². The number of aromatic nitrogens is 1. The highest BCUT2D eigenvalue weighted by Crippen LogP contribution is 2.26. The van der Waals surface area contributed by atoms with Crippen LogP contribution in [0.1, 0.15) is 25.5 Å². The second-order valence-electron chi connectivity index (χ2n) is 6.32. The van der Waals surface area contributed by atoms with Crippen molar-refractivity contribution in [2.24, 2.45) is 0 Å². The van der Waals surface area contributed by atoms with Crippen molar-refractivity contribution >= 4 is 38.3 Å². The van der Waals surface area contributed by atoms with E-state index >= 15 is 0 Å². The van der Waals surface area contributed by atoms with Crippen LogP contribution in [0.15, 0.2) is 58.4 Å². The van der Waals surface area contributed by atoms with Gasteiger partial charge in [-0.1, -0.05) is 28.1 Å². The molecule has 0 saturated heterocycles. The number of hydrogen-bond donors (Lipinski definition) is 2. The lowest BCUT2D eigenvalue weighted by molar-refractivity contribution is -0.682. The molecule has 3 aromatic rings. The number of hydrogen-bond acceptors (Lipinski definition) is 4. The predicted octanol–water partition coefficient (Wildman–Crippen LogP) is 4.23. The molecule has 0 aliphatic heterocycles. The lowest BCUT2D eigenvalue weighted by Gasteiger charge is -2.11. The molecule has 1 aromatic heterocycles. The van der Waals surface area contributed by atoms with Crippen molar-refractivity contribution in [2.75, 3.05) is 18.5 Å². The van der Waals surface area contributed by atoms with Crippen molar-refractivity contribution in [3.8, 4) is 17.0 Å². The molecule has 1 atom stereocenters. The summed E-state index contributed by atoms with van der Waals surface area (Å²) in [5, 5.41) is 7.46. The Hall–Kier alpha value is -2.22. The molecule has 0 fully saturated rings. The smallest absolute Gasteiger partial charge is 0.281 e. The number of quaternary nitrogens is 1. The van der Waals surface area contributed by atoms with Gasteiger partial charge in [0.15, 0.2) is 11.7 Å². The molecule has 0 spiro atoms. The molecule has 146 valence electrons. The highest BCUT2D eigenvalue weighted by atomic mass is 79.9. The first kappa shape index (κ1) is 20.5. The second kappa shape index (κ2) is 9.82. The summed E-state index contributed by atoms with van der Waals surface area (Å²) < 4.78 is 6.49. The number of carbonyl (C=O) groups is 1. The molecule has 1 heterocycles. The predicted molar refractivity (Wildman–Crippen MR) is 117 cm³/mol. The number of ether oxygens (including phenoxy) is 1. The van der Waals surface area contributed by atoms with E-state index in [1.54, 1.807) is 0 Å². The van der Waals surface area contributed by atoms with Gasteiger partial charge in [0.05, 0.1) is 12.3 Å². The van der Waals surface area contributed by atoms with Crippen LogP contribution in [0.4, 0.5) is 5.13 Å². The Balaban J connectivity index is 1.51. The average Bonchev–Trinajstić information content (AvgIpc) is 3.16. The quantitative estimate of drug-likeness (QED) is 0.528. The van der Waals surface area contributed by atoms with Gasteiger partial charge in [0, 0.05) is 21.0 Å². The van der Waals surface area contributed by atoms with Gasteiger partial charge in [0.25, 0.3) is 5.91 Å². The summed E-state index contributed by atoms with van der Waals surface area (Å²) in [5.74, 6) is 0.802. The Bertz CT molecular complexity index is 910. The topological polar surface area (TPSA) is 67.8 Å². The van der Waals surface area contributed by atoms with Crippen LogP contribution in [0.5, 0.6) is 5.75 Å². The first-order chi connectivity index (χ1) is 13.5. The van der Waals surface area contributed by atoms with Crippen LogP contribution in [0.25, 0.3) is 11.3 Å². The zero-order valence-corrected chi connectivity index (χ0v) is 18.2. The third-order valence-electron chi connectivity index (χ3n) is 4.26. The Kier molecular flexibility index (Phi) is 7.19. The summed E-state index contributed by atoms with van der Waals surface area (Å²) >= 11 is 4.86. The van der Waals surface area contributed by atoms with Crippen molar-refractivity contribution in [3.63, 3.8) is 0 Å². The molecule has 0 saturated carbocycles. The number of amides is 1. The molecule has 7 heteroatoms. The average molecular weight is 461 g/mol. The Morgan fingerprint density at radius 2 is 1.93 bits per heavy atom. The summed E-state index contributed by atoms with van der Waals surface area (Å²) in [6, 6.07) is 16.1. The highest BCUT2D eigenvalue weighted by Gasteiger charge is 2.13. The number of carbonyl (C=O) groups excluding carboxylic acids is 1. The lowest BCUT2D eigenvalue weighted by Crippen LogP contribution is -2.86. The van der Waals surface area contributed by atoms with E-state index in [4.69, 9.17) is 4.74 Å². The molecule has 0 aliphatic rings. The number of nitrogens with two attached hydrogens (primary N) is 1. The lowest BCUT2D eigenvalue weighted by atomic mass is 10.1. The van der Waals surface area contributed by atoms with Crippen molar-refractivity contribution in [2.45, 2.75) is 19.9 Å². The van der Waals surface area contributed by atoms with Crippen molar-refractivity contribution < 1.29 is 14.8 Å². The van der Waals surface area contributed by atoms with Crippen LogP contribution in [-0.4, -0.2) is 24.0 Å². The zero-order chi connectivity index (χ0) is 19.9. The number of thiazole rings is 1. The summed E-state index contributed by atoms with van der Waals surface area (Å²) in [6.07, 6.45) is 0. The summed E-state index contributed by atoms with van der Waals surface area (Å²) in [7, 11) is 0. The Labute approximate surface area is 177 Å². The minimum absolute atomic E-state index is 0.0607. The molecule has 0 radical (unpaired) electrons. The van der Waals surface area contributed by atoms with Crippen molar-refractivity contribution in [1.29, 1.82) is 0 Å². The monoisotopic (exact) mass is 460 g/mol. The molecule has 5 nitrogen and oxygen atoms in total. The number of anilines is 1. The van der Waals surface area contributed by atoms with Crippen LogP contribution in [-0.2, 0) is 4.79 Å². The van der Waals surface area contributed by atoms with Gasteiger partial charge < -0.3 is 10.1 Å². The molecule has 1 unspecified atom stereocenters. The highest BCUT2D eigenvalue weighted by molar-refractivity contribution is 9.10. The summed E-state index contributed by atoms with van der Waals surface area (Å²) in [6.45, 7) is 5.04. The molecule has 0 aliphatic carbocycles. The number of halogens is 1. The number of benzene rings is 2. The number of nitrogens with one attached hydrogen (secondary N) is 1. The number of rotatable bonds is 8. The molecular weight excluding hydrogens is 438 g/mol. The normalized spacial score (nSPS) is 11.8. The van der Waals surface area contributed by atoms with E-state index in [0.717, 1.165) is 27.0 Å². The third-order valence-corrected chi connectivity index (χ3v) is 5.55. The number of nitrogens with zero attached hydrogens (tertiary/aromatic N) is 1. The van der Waals surface area contributed by atoms with Gasteiger partial charge in [0.1, 0.15) is 11.8 Å². The molecular formula is C21H23BrN3O2S+. The van der Waals surface area contributed by atoms with Crippen molar-refractivity contribution in [3.05, 3.63) is 63.9 Å². The minimum atomic E-state index is -0.0607. The molecule has 1 amide bonds. The van der Waals surface area contributed by atoms with Gasteiger partial charge in [-0.2, -0.15) is 0 Å². The van der Waals surface area contributed by atoms with E-state index in [0.29, 0.717) is 18.3 Å². The fourth-order valence-corrected chi connectivity index (χ4v) is 3.71. The van der Waals surface area contributed by atoms with Crippen LogP contribution in [0, 0.1) is 0 Å². The van der Waals surface area contributed by atoms with Crippen molar-refractivity contribution in [1.82, 2.24) is 4.98 Å². The van der Waals surface area contributed by atoms with E-state index in [1.807, 2.05) is 66.2 Å². The van der Waals surface area contributed by atoms with E-state index in [2.05, 4.69) is 33.2 Å². The molecule has 3 rings (SSSR count). The van der Waals surface area contributed by atoms with Gasteiger partial charge in [-0.25, -0.2) is 4.98 Å². The maximum atomic E-state index is 12.3. The molecule has 2 aromatic carbocycles. The van der Waals surface area contributed by atoms with E-state index < -0.39 is 0 Å². The first-order valence-corrected chi connectivity index (χ1v) is 10.8. The fourth-order valence-electron chi connectivity index (χ4n) is 2.71. The van der Waals surface area contributed by atoms with Gasteiger partial charge in [-0.15, -0.1) is 11.3 Å². The molecule has 28 heavy (non-hydrogen) atoms. The first-order valence-electron chi connectivity index (χ1n) is 9.12. The van der Waals surface area contributed by atoms with Gasteiger partial charge in [-0.05, 0) is 50.2 Å². The third kappa shape index (κ3) is 5.64. The van der Waals surface area contributed by atoms with Gasteiger partial charge in [0.2, 0.25) is 0 Å². The SMILES string of the molecule is CCOc1ccc(C(C)[NH2+]CC(=O)Nc2nc(-c3ccc(Br)cc3)cs2)cc1. The van der Waals surface area contributed by atoms with E-state index in [9.17, 15) is 4.79 Å². The summed E-state index contributed by atoms with van der Waals surface area (Å²) in [4.78, 5) is 16.8. The Morgan fingerprint density at radius 3 is 2.61 bits per heavy atom. The largest absolute Gasteiger partial charge is 0.494 e. The van der Waals surface area contributed by atoms with Crippen LogP contribution in [0.3, 0.4) is 0 Å². The minimum Gasteiger partial charge on any atom is -0.494 e. The van der Waals surface area contributed by atoms with E-state index in [-0.39, 0.29) is 11.9 Å². The standard InChI is InChI=1S/C21H22BrN3O2S/c1-3-27-18-10-6-15(7-11-18)14(2)23-12-20(26)25-21-24-19(13-28-21)16-4-8-17(22)9-5-16/h4-11,13-14,23H,3,12H2,1-2H3,(H,24,25,26)/p+1. The second-order valence-corrected chi connectivity index (χ2v) is 8.10. The van der Waals surface area contributed by atoms with Crippen LogP contribution >= 0.6 is 27.3 Å². The Morgan fingerprint density at radius 1 is 1.21 bits per heavy atom. The maximum absolute atomic E-state index is 12.3. The maximum Gasteiger partial charge on any atom is 0.281 e. The van der Waals surface area contributed by atoms with E-state index in [1.165, 1.54) is 11.3 Å². The van der Waals surface area contributed by atoms with Gasteiger partial charge >= 0.3 is 0 Å². The van der Waals surface area contributed by atoms with Crippen LogP contribution < -0.4 is 15.4 Å². The van der Waals surface area contributed by atoms with Gasteiger partial charge in [-0.3, -0.25) is 10.1 Å². The summed E-state index contributed by atoms with van der Waals surface area (Å²) in [5.41, 5.74) is 3.04. The molecule has 0 bridgehead atoms. The fraction of sp³-hybridized carbons (Fsp3) is 0.238. The molecule has 3 N–H and O–H groups in total. The zero-order valence-electron chi connectivity index (χ0n) is 15.8.